The van der Waals surface area contributed by atoms with E-state index in [1.807, 2.05) is 29.6 Å². The summed E-state index contributed by atoms with van der Waals surface area (Å²) in [6.45, 7) is 0. The van der Waals surface area contributed by atoms with E-state index in [-0.39, 0.29) is 5.82 Å². The van der Waals surface area contributed by atoms with Gasteiger partial charge in [-0.1, -0.05) is 29.8 Å². The van der Waals surface area contributed by atoms with Crippen LogP contribution in [0.5, 0.6) is 0 Å². The van der Waals surface area contributed by atoms with Crippen LogP contribution in [0.4, 0.5) is 4.39 Å². The van der Waals surface area contributed by atoms with Gasteiger partial charge in [-0.3, -0.25) is 4.99 Å². The normalized spacial score (nSPS) is 12.2. The van der Waals surface area contributed by atoms with Crippen LogP contribution in [0.3, 0.4) is 0 Å². The number of benzene rings is 2. The van der Waals surface area contributed by atoms with Crippen molar-refractivity contribution in [3.63, 3.8) is 0 Å². The third kappa shape index (κ3) is 3.41. The third-order valence-corrected chi connectivity index (χ3v) is 4.49. The summed E-state index contributed by atoms with van der Waals surface area (Å²) in [6, 6.07) is 13.8. The molecule has 0 unspecified atom stereocenters. The molecule has 3 nitrogen and oxygen atoms in total. The first-order chi connectivity index (χ1) is 11.2. The van der Waals surface area contributed by atoms with Crippen molar-refractivity contribution in [1.29, 1.82) is 0 Å². The first-order valence-corrected chi connectivity index (χ1v) is 8.13. The summed E-state index contributed by atoms with van der Waals surface area (Å²) in [7, 11) is 1.71. The van der Waals surface area contributed by atoms with Crippen molar-refractivity contribution >= 4 is 29.2 Å². The van der Waals surface area contributed by atoms with Gasteiger partial charge in [0.2, 0.25) is 4.80 Å². The van der Waals surface area contributed by atoms with E-state index in [0.717, 1.165) is 21.6 Å². The summed E-state index contributed by atoms with van der Waals surface area (Å²) < 4.78 is 14.8. The zero-order chi connectivity index (χ0) is 16.2. The number of rotatable bonds is 3. The molecule has 3 aromatic rings. The molecular formula is C17H13ClFN3S. The van der Waals surface area contributed by atoms with E-state index in [9.17, 15) is 4.39 Å². The largest absolute Gasteiger partial charge is 0.261 e. The Balaban J connectivity index is 2.06. The predicted octanol–water partition coefficient (Wildman–Crippen LogP) is 4.42. The standard InChI is InChI=1S/C17H13ClFN3S/c1-20-17-22(21-10-13-4-2-3-5-15(13)18)16(11-23-17)12-6-8-14(19)9-7-12/h2-11H,1H3/b20-17?,21-10-. The molecule has 0 fully saturated rings. The average Bonchev–Trinajstić information content (AvgIpc) is 2.98. The lowest BCUT2D eigenvalue weighted by atomic mass is 10.2. The fourth-order valence-corrected chi connectivity index (χ4v) is 3.07. The molecule has 2 aromatic carbocycles. The second-order valence-corrected chi connectivity index (χ2v) is 5.96. The minimum Gasteiger partial charge on any atom is -0.261 e. The molecule has 1 aromatic heterocycles. The van der Waals surface area contributed by atoms with Gasteiger partial charge >= 0.3 is 0 Å². The Morgan fingerprint density at radius 1 is 1.13 bits per heavy atom. The lowest BCUT2D eigenvalue weighted by molar-refractivity contribution is 0.628. The molecule has 0 aliphatic carbocycles. The average molecular weight is 346 g/mol. The summed E-state index contributed by atoms with van der Waals surface area (Å²) in [5.74, 6) is -0.268. The molecule has 0 N–H and O–H groups in total. The van der Waals surface area contributed by atoms with E-state index < -0.39 is 0 Å². The van der Waals surface area contributed by atoms with E-state index in [4.69, 9.17) is 11.6 Å². The van der Waals surface area contributed by atoms with Crippen LogP contribution in [0.1, 0.15) is 5.56 Å². The molecule has 3 rings (SSSR count). The van der Waals surface area contributed by atoms with Crippen LogP contribution in [-0.2, 0) is 0 Å². The van der Waals surface area contributed by atoms with Gasteiger partial charge in [0.1, 0.15) is 5.82 Å². The molecule has 0 aliphatic rings. The third-order valence-electron chi connectivity index (χ3n) is 3.23. The smallest absolute Gasteiger partial charge is 0.205 e. The van der Waals surface area contributed by atoms with Crippen molar-refractivity contribution < 1.29 is 4.39 Å². The maximum Gasteiger partial charge on any atom is 0.205 e. The van der Waals surface area contributed by atoms with Crippen LogP contribution >= 0.6 is 22.9 Å². The molecule has 0 amide bonds. The topological polar surface area (TPSA) is 29.6 Å². The molecule has 1 heterocycles. The minimum absolute atomic E-state index is 0.268. The molecule has 0 bridgehead atoms. The van der Waals surface area contributed by atoms with Gasteiger partial charge in [0, 0.05) is 28.6 Å². The van der Waals surface area contributed by atoms with Crippen molar-refractivity contribution in [3.05, 3.63) is 75.1 Å². The van der Waals surface area contributed by atoms with Crippen molar-refractivity contribution in [2.24, 2.45) is 10.1 Å². The Morgan fingerprint density at radius 2 is 1.87 bits per heavy atom. The van der Waals surface area contributed by atoms with Gasteiger partial charge in [0.05, 0.1) is 11.9 Å². The van der Waals surface area contributed by atoms with E-state index in [1.54, 1.807) is 30.1 Å². The summed E-state index contributed by atoms with van der Waals surface area (Å²) >= 11 is 7.62. The quantitative estimate of drug-likeness (QED) is 0.629. The van der Waals surface area contributed by atoms with Crippen molar-refractivity contribution in [1.82, 2.24) is 4.68 Å². The first kappa shape index (κ1) is 15.6. The van der Waals surface area contributed by atoms with Crippen molar-refractivity contribution in [2.45, 2.75) is 0 Å². The number of aromatic nitrogens is 1. The van der Waals surface area contributed by atoms with Crippen LogP contribution in [0, 0.1) is 5.82 Å². The maximum atomic E-state index is 13.1. The molecule has 23 heavy (non-hydrogen) atoms. The molecule has 0 aliphatic heterocycles. The Morgan fingerprint density at radius 3 is 2.57 bits per heavy atom. The summed E-state index contributed by atoms with van der Waals surface area (Å²) in [6.07, 6.45) is 1.69. The second-order valence-electron chi connectivity index (χ2n) is 4.71. The van der Waals surface area contributed by atoms with Gasteiger partial charge in [0.15, 0.2) is 0 Å². The molecule has 116 valence electrons. The zero-order valence-electron chi connectivity index (χ0n) is 12.3. The van der Waals surface area contributed by atoms with Crippen LogP contribution in [-0.4, -0.2) is 17.9 Å². The number of nitrogens with zero attached hydrogens (tertiary/aromatic N) is 3. The van der Waals surface area contributed by atoms with Gasteiger partial charge in [-0.2, -0.15) is 5.10 Å². The molecule has 0 saturated heterocycles. The Labute approximate surface area is 142 Å². The van der Waals surface area contributed by atoms with E-state index >= 15 is 0 Å². The van der Waals surface area contributed by atoms with E-state index in [0.29, 0.717) is 5.02 Å². The molecular weight excluding hydrogens is 333 g/mol. The van der Waals surface area contributed by atoms with E-state index in [2.05, 4.69) is 10.1 Å². The zero-order valence-corrected chi connectivity index (χ0v) is 13.9. The number of thiazole rings is 1. The SMILES string of the molecule is CN=c1scc(-c2ccc(F)cc2)n1/N=C\c1ccccc1Cl. The highest BCUT2D eigenvalue weighted by atomic mass is 35.5. The predicted molar refractivity (Wildman–Crippen MR) is 93.6 cm³/mol. The van der Waals surface area contributed by atoms with Crippen LogP contribution in [0.15, 0.2) is 64.0 Å². The highest BCUT2D eigenvalue weighted by Gasteiger charge is 2.07. The summed E-state index contributed by atoms with van der Waals surface area (Å²) in [5, 5.41) is 7.07. The first-order valence-electron chi connectivity index (χ1n) is 6.87. The lowest BCUT2D eigenvalue weighted by Crippen LogP contribution is -2.11. The molecule has 0 atom stereocenters. The van der Waals surface area contributed by atoms with Crippen LogP contribution in [0.2, 0.25) is 5.02 Å². The number of halogens is 2. The summed E-state index contributed by atoms with van der Waals surface area (Å²) in [4.78, 5) is 4.97. The highest BCUT2D eigenvalue weighted by Crippen LogP contribution is 2.21. The fourth-order valence-electron chi connectivity index (χ4n) is 2.08. The van der Waals surface area contributed by atoms with Crippen molar-refractivity contribution in [2.75, 3.05) is 7.05 Å². The fraction of sp³-hybridized carbons (Fsp3) is 0.0588. The van der Waals surface area contributed by atoms with Gasteiger partial charge in [-0.05, 0) is 30.3 Å². The molecule has 0 spiro atoms. The maximum absolute atomic E-state index is 13.1. The van der Waals surface area contributed by atoms with Crippen LogP contribution < -0.4 is 4.80 Å². The second kappa shape index (κ2) is 6.89. The molecule has 0 radical (unpaired) electrons. The Kier molecular flexibility index (Phi) is 4.69. The van der Waals surface area contributed by atoms with Crippen LogP contribution in [0.25, 0.3) is 11.3 Å². The Bertz CT molecular complexity index is 910. The van der Waals surface area contributed by atoms with Gasteiger partial charge < -0.3 is 0 Å². The summed E-state index contributed by atoms with van der Waals surface area (Å²) in [5.41, 5.74) is 2.53. The monoisotopic (exact) mass is 345 g/mol. The van der Waals surface area contributed by atoms with Gasteiger partial charge in [0.25, 0.3) is 0 Å². The lowest BCUT2D eigenvalue weighted by Gasteiger charge is -2.03. The van der Waals surface area contributed by atoms with E-state index in [1.165, 1.54) is 23.5 Å². The minimum atomic E-state index is -0.268. The van der Waals surface area contributed by atoms with Crippen molar-refractivity contribution in [3.8, 4) is 11.3 Å². The molecule has 0 saturated carbocycles. The highest BCUT2D eigenvalue weighted by molar-refractivity contribution is 7.07. The number of hydrogen-bond donors (Lipinski definition) is 0. The number of hydrogen-bond acceptors (Lipinski definition) is 3. The van der Waals surface area contributed by atoms with Gasteiger partial charge in [-0.25, -0.2) is 9.07 Å². The molecule has 6 heteroatoms. The van der Waals surface area contributed by atoms with Gasteiger partial charge in [-0.15, -0.1) is 11.3 Å². The Hall–Kier alpha value is -2.24.